The Morgan fingerprint density at radius 2 is 2.00 bits per heavy atom. The first kappa shape index (κ1) is 14.8. The van der Waals surface area contributed by atoms with Crippen molar-refractivity contribution >= 4 is 17.7 Å². The number of aromatic carboxylic acids is 1. The van der Waals surface area contributed by atoms with E-state index in [0.717, 1.165) is 0 Å². The first-order chi connectivity index (χ1) is 8.90. The topological polar surface area (TPSA) is 102 Å². The second-order valence-electron chi connectivity index (χ2n) is 4.22. The van der Waals surface area contributed by atoms with Gasteiger partial charge in [-0.15, -0.1) is 0 Å². The van der Waals surface area contributed by atoms with E-state index in [1.807, 2.05) is 19.0 Å². The molecule has 104 valence electrons. The highest BCUT2D eigenvalue weighted by Gasteiger charge is 2.10. The van der Waals surface area contributed by atoms with E-state index in [0.29, 0.717) is 18.8 Å². The van der Waals surface area contributed by atoms with Crippen LogP contribution in [0.5, 0.6) is 5.75 Å². The summed E-state index contributed by atoms with van der Waals surface area (Å²) < 4.78 is 0. The summed E-state index contributed by atoms with van der Waals surface area (Å²) in [6.07, 6.45) is 0. The number of carbonyl (C=O) groups is 2. The number of likely N-dealkylation sites (N-methyl/N-ethyl adjacent to an activating group) is 1. The van der Waals surface area contributed by atoms with Gasteiger partial charge in [0.05, 0.1) is 0 Å². The molecule has 0 aromatic heterocycles. The van der Waals surface area contributed by atoms with Gasteiger partial charge in [0.25, 0.3) is 0 Å². The lowest BCUT2D eigenvalue weighted by Crippen LogP contribution is -2.34. The first-order valence-corrected chi connectivity index (χ1v) is 5.66. The lowest BCUT2D eigenvalue weighted by Gasteiger charge is -2.11. The lowest BCUT2D eigenvalue weighted by atomic mass is 10.2. The molecule has 2 amide bonds. The van der Waals surface area contributed by atoms with Gasteiger partial charge in [0, 0.05) is 24.8 Å². The number of phenols is 1. The van der Waals surface area contributed by atoms with Gasteiger partial charge in [-0.1, -0.05) is 0 Å². The molecule has 7 nitrogen and oxygen atoms in total. The Hall–Kier alpha value is -2.28. The third-order valence-electron chi connectivity index (χ3n) is 2.33. The Labute approximate surface area is 110 Å². The van der Waals surface area contributed by atoms with Gasteiger partial charge < -0.3 is 25.7 Å². The van der Waals surface area contributed by atoms with Crippen molar-refractivity contribution < 1.29 is 19.8 Å². The highest BCUT2D eigenvalue weighted by atomic mass is 16.4. The molecule has 0 atom stereocenters. The van der Waals surface area contributed by atoms with Gasteiger partial charge >= 0.3 is 12.0 Å². The summed E-state index contributed by atoms with van der Waals surface area (Å²) in [6, 6.07) is 3.42. The minimum Gasteiger partial charge on any atom is -0.507 e. The summed E-state index contributed by atoms with van der Waals surface area (Å²) in [4.78, 5) is 24.1. The molecular formula is C12H17N3O4. The molecule has 0 spiro atoms. The van der Waals surface area contributed by atoms with Crippen LogP contribution in [0.4, 0.5) is 10.5 Å². The van der Waals surface area contributed by atoms with Gasteiger partial charge in [-0.25, -0.2) is 9.59 Å². The highest BCUT2D eigenvalue weighted by molar-refractivity contribution is 5.93. The van der Waals surface area contributed by atoms with Crippen LogP contribution in [0.3, 0.4) is 0 Å². The van der Waals surface area contributed by atoms with Gasteiger partial charge in [0.1, 0.15) is 11.3 Å². The largest absolute Gasteiger partial charge is 0.507 e. The van der Waals surface area contributed by atoms with E-state index >= 15 is 0 Å². The highest BCUT2D eigenvalue weighted by Crippen LogP contribution is 2.21. The number of hydrogen-bond donors (Lipinski definition) is 4. The number of aromatic hydroxyl groups is 1. The van der Waals surface area contributed by atoms with Crippen LogP contribution in [-0.2, 0) is 0 Å². The number of amides is 2. The maximum absolute atomic E-state index is 11.5. The molecule has 1 aromatic carbocycles. The number of carboxylic acids is 1. The third kappa shape index (κ3) is 4.84. The van der Waals surface area contributed by atoms with Crippen LogP contribution < -0.4 is 10.6 Å². The normalized spacial score (nSPS) is 10.3. The molecule has 0 heterocycles. The zero-order valence-electron chi connectivity index (χ0n) is 10.8. The molecule has 1 aromatic rings. The van der Waals surface area contributed by atoms with Crippen LogP contribution in [0.1, 0.15) is 10.4 Å². The molecule has 0 aliphatic carbocycles. The Balaban J connectivity index is 2.55. The van der Waals surface area contributed by atoms with Crippen molar-refractivity contribution in [3.05, 3.63) is 23.8 Å². The maximum Gasteiger partial charge on any atom is 0.339 e. The Morgan fingerprint density at radius 3 is 2.53 bits per heavy atom. The molecule has 0 fully saturated rings. The quantitative estimate of drug-likeness (QED) is 0.631. The molecule has 19 heavy (non-hydrogen) atoms. The summed E-state index contributed by atoms with van der Waals surface area (Å²) in [5, 5.41) is 23.3. The second kappa shape index (κ2) is 6.60. The van der Waals surface area contributed by atoms with E-state index in [1.165, 1.54) is 18.2 Å². The molecule has 0 saturated heterocycles. The Bertz CT molecular complexity index is 474. The number of nitrogens with zero attached hydrogens (tertiary/aromatic N) is 1. The van der Waals surface area contributed by atoms with Crippen LogP contribution in [0.15, 0.2) is 18.2 Å². The van der Waals surface area contributed by atoms with E-state index in [1.54, 1.807) is 0 Å². The molecule has 0 bridgehead atoms. The third-order valence-corrected chi connectivity index (χ3v) is 2.33. The SMILES string of the molecule is CN(C)CCNC(=O)Nc1ccc(C(=O)O)c(O)c1. The summed E-state index contributed by atoms with van der Waals surface area (Å²) in [7, 11) is 3.78. The molecule has 4 N–H and O–H groups in total. The van der Waals surface area contributed by atoms with Gasteiger partial charge in [-0.05, 0) is 26.2 Å². The fourth-order valence-electron chi connectivity index (χ4n) is 1.36. The number of urea groups is 1. The minimum atomic E-state index is -1.22. The molecule has 0 unspecified atom stereocenters. The van der Waals surface area contributed by atoms with Crippen LogP contribution in [0.25, 0.3) is 0 Å². The standard InChI is InChI=1S/C12H17N3O4/c1-15(2)6-5-13-12(19)14-8-3-4-9(11(17)18)10(16)7-8/h3-4,7,16H,5-6H2,1-2H3,(H,17,18)(H2,13,14,19). The number of rotatable bonds is 5. The zero-order valence-corrected chi connectivity index (χ0v) is 10.8. The number of carboxylic acid groups (broad SMARTS) is 1. The van der Waals surface area contributed by atoms with Crippen molar-refractivity contribution in [2.75, 3.05) is 32.5 Å². The summed E-state index contributed by atoms with van der Waals surface area (Å²) in [5.41, 5.74) is 0.114. The number of nitrogens with one attached hydrogen (secondary N) is 2. The van der Waals surface area contributed by atoms with Gasteiger partial charge in [0.15, 0.2) is 0 Å². The average Bonchev–Trinajstić information content (AvgIpc) is 2.27. The van der Waals surface area contributed by atoms with E-state index in [-0.39, 0.29) is 5.56 Å². The van der Waals surface area contributed by atoms with Crippen LogP contribution in [0.2, 0.25) is 0 Å². The number of anilines is 1. The van der Waals surface area contributed by atoms with Crippen molar-refractivity contribution in [2.45, 2.75) is 0 Å². The van der Waals surface area contributed by atoms with E-state index in [2.05, 4.69) is 10.6 Å². The Kier molecular flexibility index (Phi) is 5.13. The molecule has 0 radical (unpaired) electrons. The van der Waals surface area contributed by atoms with Crippen LogP contribution >= 0.6 is 0 Å². The number of benzene rings is 1. The minimum absolute atomic E-state index is 0.210. The van der Waals surface area contributed by atoms with Gasteiger partial charge in [-0.3, -0.25) is 0 Å². The van der Waals surface area contributed by atoms with Crippen LogP contribution in [-0.4, -0.2) is 54.3 Å². The lowest BCUT2D eigenvalue weighted by molar-refractivity contribution is 0.0694. The van der Waals surface area contributed by atoms with E-state index in [9.17, 15) is 14.7 Å². The molecule has 1 rings (SSSR count). The maximum atomic E-state index is 11.5. The molecule has 0 saturated carbocycles. The first-order valence-electron chi connectivity index (χ1n) is 5.66. The van der Waals surface area contributed by atoms with Gasteiger partial charge in [-0.2, -0.15) is 0 Å². The smallest absolute Gasteiger partial charge is 0.339 e. The molecule has 7 heteroatoms. The molecule has 0 aliphatic heterocycles. The van der Waals surface area contributed by atoms with E-state index in [4.69, 9.17) is 5.11 Å². The van der Waals surface area contributed by atoms with Crippen molar-refractivity contribution in [2.24, 2.45) is 0 Å². The van der Waals surface area contributed by atoms with Crippen molar-refractivity contribution in [3.63, 3.8) is 0 Å². The zero-order chi connectivity index (χ0) is 14.4. The fourth-order valence-corrected chi connectivity index (χ4v) is 1.36. The molecular weight excluding hydrogens is 250 g/mol. The van der Waals surface area contributed by atoms with Crippen molar-refractivity contribution in [3.8, 4) is 5.75 Å². The summed E-state index contributed by atoms with van der Waals surface area (Å²) in [5.74, 6) is -1.61. The predicted octanol–water partition coefficient (Wildman–Crippen LogP) is 0.773. The summed E-state index contributed by atoms with van der Waals surface area (Å²) in [6.45, 7) is 1.19. The summed E-state index contributed by atoms with van der Waals surface area (Å²) >= 11 is 0. The van der Waals surface area contributed by atoms with Crippen molar-refractivity contribution in [1.82, 2.24) is 10.2 Å². The Morgan fingerprint density at radius 1 is 1.32 bits per heavy atom. The molecule has 0 aliphatic rings. The average molecular weight is 267 g/mol. The van der Waals surface area contributed by atoms with E-state index < -0.39 is 17.7 Å². The van der Waals surface area contributed by atoms with Crippen molar-refractivity contribution in [1.29, 1.82) is 0 Å². The second-order valence-corrected chi connectivity index (χ2v) is 4.22. The monoisotopic (exact) mass is 267 g/mol. The van der Waals surface area contributed by atoms with Gasteiger partial charge in [0.2, 0.25) is 0 Å². The predicted molar refractivity (Wildman–Crippen MR) is 70.6 cm³/mol. The van der Waals surface area contributed by atoms with Crippen LogP contribution in [0, 0.1) is 0 Å². The number of carbonyl (C=O) groups excluding carboxylic acids is 1. The fraction of sp³-hybridized carbons (Fsp3) is 0.333. The number of hydrogen-bond acceptors (Lipinski definition) is 4.